The van der Waals surface area contributed by atoms with Gasteiger partial charge in [-0.2, -0.15) is 4.31 Å². The highest BCUT2D eigenvalue weighted by Gasteiger charge is 2.36. The number of nitrogens with zero attached hydrogens (tertiary/aromatic N) is 1. The van der Waals surface area contributed by atoms with E-state index in [1.807, 2.05) is 0 Å². The molecule has 1 saturated heterocycles. The Morgan fingerprint density at radius 2 is 2.00 bits per heavy atom. The van der Waals surface area contributed by atoms with Crippen LogP contribution in [0.1, 0.15) is 33.1 Å². The highest BCUT2D eigenvalue weighted by atomic mass is 32.2. The van der Waals surface area contributed by atoms with Crippen molar-refractivity contribution in [1.29, 1.82) is 0 Å². The summed E-state index contributed by atoms with van der Waals surface area (Å²) in [6.45, 7) is 4.69. The zero-order valence-electron chi connectivity index (χ0n) is 13.4. The average Bonchev–Trinajstić information content (AvgIpc) is 2.67. The average molecular weight is 354 g/mol. The second kappa shape index (κ2) is 7.74. The maximum Gasteiger partial charge on any atom is 0.221 e. The quantitative estimate of drug-likeness (QED) is 0.660. The Labute approximate surface area is 133 Å². The van der Waals surface area contributed by atoms with Gasteiger partial charge in [0.2, 0.25) is 15.9 Å². The Bertz CT molecular complexity index is 584. The Balaban J connectivity index is 2.55. The lowest BCUT2D eigenvalue weighted by molar-refractivity contribution is -0.121. The van der Waals surface area contributed by atoms with Gasteiger partial charge in [-0.05, 0) is 18.8 Å². The number of sulfonamides is 1. The van der Waals surface area contributed by atoms with Crippen molar-refractivity contribution in [2.45, 2.75) is 39.2 Å². The minimum atomic E-state index is -3.54. The standard InChI is InChI=1S/C13H26N2O5S2/c1-11(2)4-7-14-13(16)5-8-15(21(3,17)18)12-6-9-22(19,20)10-12/h11-12H,4-10H2,1-3H3,(H,14,16). The zero-order chi connectivity index (χ0) is 17.0. The molecule has 0 aromatic heterocycles. The Morgan fingerprint density at radius 3 is 2.45 bits per heavy atom. The fourth-order valence-electron chi connectivity index (χ4n) is 2.42. The summed E-state index contributed by atoms with van der Waals surface area (Å²) >= 11 is 0. The van der Waals surface area contributed by atoms with Crippen LogP contribution in [0.25, 0.3) is 0 Å². The van der Waals surface area contributed by atoms with E-state index in [4.69, 9.17) is 0 Å². The van der Waals surface area contributed by atoms with Crippen LogP contribution in [0.3, 0.4) is 0 Å². The molecule has 0 aromatic rings. The number of amides is 1. The maximum atomic E-state index is 11.8. The molecule has 1 unspecified atom stereocenters. The lowest BCUT2D eigenvalue weighted by atomic mass is 10.1. The van der Waals surface area contributed by atoms with Gasteiger partial charge in [-0.25, -0.2) is 16.8 Å². The molecule has 130 valence electrons. The number of hydrogen-bond acceptors (Lipinski definition) is 5. The zero-order valence-corrected chi connectivity index (χ0v) is 15.0. The molecule has 0 spiro atoms. The molecule has 0 radical (unpaired) electrons. The Kier molecular flexibility index (Phi) is 6.82. The van der Waals surface area contributed by atoms with Crippen LogP contribution in [0, 0.1) is 5.92 Å². The van der Waals surface area contributed by atoms with Gasteiger partial charge in [-0.1, -0.05) is 13.8 Å². The number of nitrogens with one attached hydrogen (secondary N) is 1. The van der Waals surface area contributed by atoms with Crippen LogP contribution in [-0.4, -0.2) is 63.9 Å². The Morgan fingerprint density at radius 1 is 1.36 bits per heavy atom. The minimum Gasteiger partial charge on any atom is -0.356 e. The molecule has 0 saturated carbocycles. The number of hydrogen-bond donors (Lipinski definition) is 1. The van der Waals surface area contributed by atoms with Crippen LogP contribution in [0.5, 0.6) is 0 Å². The van der Waals surface area contributed by atoms with Gasteiger partial charge < -0.3 is 5.32 Å². The van der Waals surface area contributed by atoms with Gasteiger partial charge in [0.1, 0.15) is 0 Å². The van der Waals surface area contributed by atoms with Crippen LogP contribution in [-0.2, 0) is 24.7 Å². The van der Waals surface area contributed by atoms with Crippen molar-refractivity contribution < 1.29 is 21.6 Å². The van der Waals surface area contributed by atoms with Gasteiger partial charge in [0, 0.05) is 25.6 Å². The fraction of sp³-hybridized carbons (Fsp3) is 0.923. The molecule has 0 aliphatic carbocycles. The first-order chi connectivity index (χ1) is 10.0. The van der Waals surface area contributed by atoms with E-state index in [1.165, 1.54) is 0 Å². The monoisotopic (exact) mass is 354 g/mol. The van der Waals surface area contributed by atoms with E-state index >= 15 is 0 Å². The van der Waals surface area contributed by atoms with E-state index in [0.717, 1.165) is 17.0 Å². The number of carbonyl (C=O) groups is 1. The second-order valence-corrected chi connectivity index (χ2v) is 10.4. The smallest absolute Gasteiger partial charge is 0.221 e. The molecule has 1 aliphatic heterocycles. The van der Waals surface area contributed by atoms with Crippen molar-refractivity contribution in [1.82, 2.24) is 9.62 Å². The summed E-state index contributed by atoms with van der Waals surface area (Å²) < 4.78 is 47.9. The van der Waals surface area contributed by atoms with Crippen molar-refractivity contribution in [2.24, 2.45) is 5.92 Å². The highest BCUT2D eigenvalue weighted by Crippen LogP contribution is 2.20. The molecule has 1 aliphatic rings. The predicted molar refractivity (Wildman–Crippen MR) is 85.7 cm³/mol. The summed E-state index contributed by atoms with van der Waals surface area (Å²) in [5.74, 6) is 0.117. The molecule has 9 heteroatoms. The third kappa shape index (κ3) is 6.62. The first-order valence-corrected chi connectivity index (χ1v) is 11.1. The van der Waals surface area contributed by atoms with Crippen LogP contribution in [0.15, 0.2) is 0 Å². The van der Waals surface area contributed by atoms with Gasteiger partial charge in [0.15, 0.2) is 9.84 Å². The lowest BCUT2D eigenvalue weighted by Gasteiger charge is -2.25. The van der Waals surface area contributed by atoms with Crippen LogP contribution in [0.4, 0.5) is 0 Å². The molecule has 7 nitrogen and oxygen atoms in total. The number of carbonyl (C=O) groups excluding carboxylic acids is 1. The van der Waals surface area contributed by atoms with Crippen molar-refractivity contribution in [3.8, 4) is 0 Å². The van der Waals surface area contributed by atoms with Gasteiger partial charge in [-0.3, -0.25) is 4.79 Å². The highest BCUT2D eigenvalue weighted by molar-refractivity contribution is 7.92. The van der Waals surface area contributed by atoms with Crippen LogP contribution in [0.2, 0.25) is 0 Å². The molecule has 1 fully saturated rings. The molecule has 1 amide bonds. The molecular weight excluding hydrogens is 328 g/mol. The van der Waals surface area contributed by atoms with Crippen LogP contribution < -0.4 is 5.32 Å². The van der Waals surface area contributed by atoms with Crippen molar-refractivity contribution in [3.63, 3.8) is 0 Å². The van der Waals surface area contributed by atoms with Crippen LogP contribution >= 0.6 is 0 Å². The topological polar surface area (TPSA) is 101 Å². The van der Waals surface area contributed by atoms with Gasteiger partial charge >= 0.3 is 0 Å². The van der Waals surface area contributed by atoms with E-state index in [-0.39, 0.29) is 30.4 Å². The SMILES string of the molecule is CC(C)CCNC(=O)CCN(C1CCS(=O)(=O)C1)S(C)(=O)=O. The first kappa shape index (κ1) is 19.4. The van der Waals surface area contributed by atoms with Gasteiger partial charge in [0.05, 0.1) is 17.8 Å². The van der Waals surface area contributed by atoms with E-state index < -0.39 is 25.9 Å². The van der Waals surface area contributed by atoms with E-state index in [2.05, 4.69) is 19.2 Å². The molecule has 1 atom stereocenters. The molecular formula is C13H26N2O5S2. The third-order valence-electron chi connectivity index (χ3n) is 3.64. The normalized spacial score (nSPS) is 21.4. The van der Waals surface area contributed by atoms with Crippen molar-refractivity contribution >= 4 is 25.8 Å². The second-order valence-electron chi connectivity index (χ2n) is 6.21. The van der Waals surface area contributed by atoms with Crippen molar-refractivity contribution in [2.75, 3.05) is 30.9 Å². The van der Waals surface area contributed by atoms with E-state index in [0.29, 0.717) is 18.9 Å². The number of sulfone groups is 1. The molecule has 1 heterocycles. The molecule has 1 rings (SSSR count). The summed E-state index contributed by atoms with van der Waals surface area (Å²) in [6, 6.07) is -0.552. The summed E-state index contributed by atoms with van der Waals surface area (Å²) in [7, 11) is -6.71. The Hall–Kier alpha value is -0.670. The fourth-order valence-corrected chi connectivity index (χ4v) is 5.39. The van der Waals surface area contributed by atoms with E-state index in [9.17, 15) is 21.6 Å². The summed E-state index contributed by atoms with van der Waals surface area (Å²) in [4.78, 5) is 11.7. The van der Waals surface area contributed by atoms with E-state index in [1.54, 1.807) is 0 Å². The maximum absolute atomic E-state index is 11.8. The summed E-state index contributed by atoms with van der Waals surface area (Å²) in [6.07, 6.45) is 2.25. The predicted octanol–water partition coefficient (Wildman–Crippen LogP) is -0.0125. The largest absolute Gasteiger partial charge is 0.356 e. The minimum absolute atomic E-state index is 0.00424. The van der Waals surface area contributed by atoms with Crippen molar-refractivity contribution in [3.05, 3.63) is 0 Å². The van der Waals surface area contributed by atoms with Gasteiger partial charge in [0.25, 0.3) is 0 Å². The summed E-state index contributed by atoms with van der Waals surface area (Å²) in [5, 5.41) is 2.75. The molecule has 0 bridgehead atoms. The molecule has 1 N–H and O–H groups in total. The molecule has 22 heavy (non-hydrogen) atoms. The molecule has 0 aromatic carbocycles. The third-order valence-corrected chi connectivity index (χ3v) is 6.73. The first-order valence-electron chi connectivity index (χ1n) is 7.45. The summed E-state index contributed by atoms with van der Waals surface area (Å²) in [5.41, 5.74) is 0. The van der Waals surface area contributed by atoms with Gasteiger partial charge in [-0.15, -0.1) is 0 Å². The lowest BCUT2D eigenvalue weighted by Crippen LogP contribution is -2.42. The number of rotatable bonds is 8.